The van der Waals surface area contributed by atoms with Gasteiger partial charge in [-0.1, -0.05) is 66.2 Å². The van der Waals surface area contributed by atoms with Crippen LogP contribution in [-0.2, 0) is 11.3 Å². The van der Waals surface area contributed by atoms with Crippen molar-refractivity contribution in [2.24, 2.45) is 0 Å². The van der Waals surface area contributed by atoms with E-state index in [0.717, 1.165) is 28.1 Å². The molecule has 0 aromatic heterocycles. The van der Waals surface area contributed by atoms with Gasteiger partial charge >= 0.3 is 0 Å². The molecule has 3 aromatic rings. The monoisotopic (exact) mass is 415 g/mol. The Labute approximate surface area is 181 Å². The van der Waals surface area contributed by atoms with Gasteiger partial charge in [0.05, 0.1) is 18.8 Å². The van der Waals surface area contributed by atoms with Crippen molar-refractivity contribution >= 4 is 29.3 Å². The van der Waals surface area contributed by atoms with Crippen LogP contribution in [0.25, 0.3) is 11.8 Å². The summed E-state index contributed by atoms with van der Waals surface area (Å²) in [5.74, 6) is 0.804. The van der Waals surface area contributed by atoms with Gasteiger partial charge in [0.15, 0.2) is 0 Å². The van der Waals surface area contributed by atoms with Crippen LogP contribution in [0.15, 0.2) is 90.5 Å². The van der Waals surface area contributed by atoms with Crippen molar-refractivity contribution in [2.45, 2.75) is 13.5 Å². The number of hydrogen-bond donors (Lipinski definition) is 0. The highest BCUT2D eigenvalue weighted by atomic mass is 35.5. The summed E-state index contributed by atoms with van der Waals surface area (Å²) in [7, 11) is 0. The van der Waals surface area contributed by atoms with Crippen LogP contribution in [0.4, 0.5) is 0 Å². The number of halogens is 1. The predicted octanol–water partition coefficient (Wildman–Crippen LogP) is 6.21. The van der Waals surface area contributed by atoms with Crippen molar-refractivity contribution in [2.75, 3.05) is 6.61 Å². The molecule has 1 aliphatic heterocycles. The summed E-state index contributed by atoms with van der Waals surface area (Å²) in [5.41, 5.74) is 4.51. The van der Waals surface area contributed by atoms with Crippen LogP contribution in [0.1, 0.15) is 23.6 Å². The van der Waals surface area contributed by atoms with Gasteiger partial charge in [-0.15, -0.1) is 0 Å². The van der Waals surface area contributed by atoms with E-state index in [1.54, 1.807) is 0 Å². The quantitative estimate of drug-likeness (QED) is 0.448. The van der Waals surface area contributed by atoms with E-state index in [1.807, 2.05) is 103 Å². The highest BCUT2D eigenvalue weighted by molar-refractivity contribution is 6.30. The fraction of sp³-hybridized carbons (Fsp3) is 0.115. The van der Waals surface area contributed by atoms with Gasteiger partial charge in [0, 0.05) is 10.6 Å². The highest BCUT2D eigenvalue weighted by Gasteiger charge is 2.29. The topological polar surface area (TPSA) is 29.5 Å². The second-order valence-electron chi connectivity index (χ2n) is 7.02. The number of carbonyl (C=O) groups excluding carboxylic acids is 1. The van der Waals surface area contributed by atoms with E-state index in [4.69, 9.17) is 16.3 Å². The van der Waals surface area contributed by atoms with Crippen LogP contribution in [0.5, 0.6) is 5.75 Å². The van der Waals surface area contributed by atoms with E-state index in [1.165, 1.54) is 0 Å². The van der Waals surface area contributed by atoms with Gasteiger partial charge in [0.2, 0.25) is 0 Å². The minimum atomic E-state index is -0.0160. The van der Waals surface area contributed by atoms with E-state index < -0.39 is 0 Å². The third-order valence-corrected chi connectivity index (χ3v) is 5.16. The largest absolute Gasteiger partial charge is 0.494 e. The Morgan fingerprint density at radius 2 is 1.63 bits per heavy atom. The minimum Gasteiger partial charge on any atom is -0.494 e. The van der Waals surface area contributed by atoms with Crippen LogP contribution < -0.4 is 4.74 Å². The number of benzene rings is 3. The van der Waals surface area contributed by atoms with Crippen molar-refractivity contribution in [1.82, 2.24) is 4.90 Å². The lowest BCUT2D eigenvalue weighted by Gasteiger charge is -2.21. The van der Waals surface area contributed by atoms with Gasteiger partial charge in [-0.25, -0.2) is 0 Å². The van der Waals surface area contributed by atoms with Gasteiger partial charge < -0.3 is 9.64 Å². The molecule has 0 radical (unpaired) electrons. The maximum atomic E-state index is 13.3. The van der Waals surface area contributed by atoms with E-state index >= 15 is 0 Å². The SMILES string of the molecule is CCOc1ccc(/C=C2\C=C(c3ccc(Cl)cc3)N(Cc3ccccc3)C2=O)cc1. The highest BCUT2D eigenvalue weighted by Crippen LogP contribution is 2.33. The van der Waals surface area contributed by atoms with Crippen molar-refractivity contribution < 1.29 is 9.53 Å². The van der Waals surface area contributed by atoms with Gasteiger partial charge in [0.25, 0.3) is 5.91 Å². The zero-order valence-electron chi connectivity index (χ0n) is 16.7. The predicted molar refractivity (Wildman–Crippen MR) is 122 cm³/mol. The maximum absolute atomic E-state index is 13.3. The van der Waals surface area contributed by atoms with Crippen LogP contribution in [0.2, 0.25) is 5.02 Å². The molecule has 0 fully saturated rings. The van der Waals surface area contributed by atoms with Crippen LogP contribution in [0, 0.1) is 0 Å². The number of carbonyl (C=O) groups is 1. The molecule has 4 rings (SSSR count). The third kappa shape index (κ3) is 4.47. The molecule has 0 N–H and O–H groups in total. The molecule has 1 aliphatic rings. The summed E-state index contributed by atoms with van der Waals surface area (Å²) in [6.07, 6.45) is 3.87. The maximum Gasteiger partial charge on any atom is 0.258 e. The van der Waals surface area contributed by atoms with Gasteiger partial charge in [-0.05, 0) is 60.0 Å². The third-order valence-electron chi connectivity index (χ3n) is 4.91. The molecule has 1 amide bonds. The smallest absolute Gasteiger partial charge is 0.258 e. The fourth-order valence-corrected chi connectivity index (χ4v) is 3.57. The van der Waals surface area contributed by atoms with Crippen molar-refractivity contribution in [3.8, 4) is 5.75 Å². The molecule has 3 nitrogen and oxygen atoms in total. The Morgan fingerprint density at radius 3 is 2.30 bits per heavy atom. The molecule has 0 saturated heterocycles. The number of nitrogens with zero attached hydrogens (tertiary/aromatic N) is 1. The van der Waals surface area contributed by atoms with E-state index in [-0.39, 0.29) is 5.91 Å². The lowest BCUT2D eigenvalue weighted by molar-refractivity contribution is -0.123. The number of rotatable bonds is 6. The second kappa shape index (κ2) is 9.02. The number of ether oxygens (including phenoxy) is 1. The van der Waals surface area contributed by atoms with Gasteiger partial charge in [-0.2, -0.15) is 0 Å². The molecule has 0 atom stereocenters. The first-order valence-corrected chi connectivity index (χ1v) is 10.3. The van der Waals surface area contributed by atoms with Crippen molar-refractivity contribution in [3.05, 3.63) is 112 Å². The minimum absolute atomic E-state index is 0.0160. The Kier molecular flexibility index (Phi) is 6.01. The standard InChI is InChI=1S/C26H22ClNO2/c1-2-30-24-14-8-19(9-15-24)16-22-17-25(21-10-12-23(27)13-11-21)28(26(22)29)18-20-6-4-3-5-7-20/h3-17H,2,18H2,1H3/b22-16+. The second-order valence-corrected chi connectivity index (χ2v) is 7.45. The summed E-state index contributed by atoms with van der Waals surface area (Å²) in [5, 5.41) is 0.670. The molecule has 0 unspecified atom stereocenters. The molecule has 4 heteroatoms. The molecular formula is C26H22ClNO2. The Balaban J connectivity index is 1.68. The molecular weight excluding hydrogens is 394 g/mol. The number of hydrogen-bond acceptors (Lipinski definition) is 2. The summed E-state index contributed by atoms with van der Waals surface area (Å²) in [4.78, 5) is 15.1. The normalized spacial score (nSPS) is 14.9. The van der Waals surface area contributed by atoms with Crippen molar-refractivity contribution in [3.63, 3.8) is 0 Å². The van der Waals surface area contributed by atoms with Crippen LogP contribution in [0.3, 0.4) is 0 Å². The van der Waals surface area contributed by atoms with Crippen molar-refractivity contribution in [1.29, 1.82) is 0 Å². The zero-order valence-corrected chi connectivity index (χ0v) is 17.5. The summed E-state index contributed by atoms with van der Waals surface area (Å²) in [6, 6.07) is 25.3. The van der Waals surface area contributed by atoms with E-state index in [0.29, 0.717) is 23.7 Å². The number of amides is 1. The molecule has 150 valence electrons. The first-order valence-electron chi connectivity index (χ1n) is 9.92. The first-order chi connectivity index (χ1) is 14.6. The fourth-order valence-electron chi connectivity index (χ4n) is 3.44. The van der Waals surface area contributed by atoms with E-state index in [9.17, 15) is 4.79 Å². The zero-order chi connectivity index (χ0) is 20.9. The van der Waals surface area contributed by atoms with Gasteiger partial charge in [-0.3, -0.25) is 4.79 Å². The molecule has 3 aromatic carbocycles. The lowest BCUT2D eigenvalue weighted by Crippen LogP contribution is -2.25. The first kappa shape index (κ1) is 20.0. The molecule has 0 saturated carbocycles. The average Bonchev–Trinajstić information content (AvgIpc) is 3.06. The Hall–Kier alpha value is -3.30. The molecule has 0 spiro atoms. The lowest BCUT2D eigenvalue weighted by atomic mass is 10.1. The average molecular weight is 416 g/mol. The summed E-state index contributed by atoms with van der Waals surface area (Å²) >= 11 is 6.06. The molecule has 30 heavy (non-hydrogen) atoms. The van der Waals surface area contributed by atoms with Crippen LogP contribution >= 0.6 is 11.6 Å². The van der Waals surface area contributed by atoms with Crippen LogP contribution in [-0.4, -0.2) is 17.4 Å². The summed E-state index contributed by atoms with van der Waals surface area (Å²) < 4.78 is 5.50. The van der Waals surface area contributed by atoms with E-state index in [2.05, 4.69) is 0 Å². The Bertz CT molecular complexity index is 1080. The van der Waals surface area contributed by atoms with Gasteiger partial charge in [0.1, 0.15) is 5.75 Å². The molecule has 0 aliphatic carbocycles. The molecule has 1 heterocycles. The Morgan fingerprint density at radius 1 is 0.933 bits per heavy atom. The molecule has 0 bridgehead atoms. The summed E-state index contributed by atoms with van der Waals surface area (Å²) in [6.45, 7) is 3.09.